The van der Waals surface area contributed by atoms with Crippen LogP contribution in [0.5, 0.6) is 0 Å². The third-order valence-corrected chi connectivity index (χ3v) is 11.4. The average Bonchev–Trinajstić information content (AvgIpc) is 2.73. The molecule has 0 amide bonds. The highest BCUT2D eigenvalue weighted by Gasteiger charge is 2.69. The molecule has 196 valence electrons. The van der Waals surface area contributed by atoms with Crippen LogP contribution >= 0.6 is 0 Å². The fourth-order valence-corrected chi connectivity index (χ4v) is 9.90. The van der Waals surface area contributed by atoms with E-state index in [2.05, 4.69) is 34.6 Å². The highest BCUT2D eigenvalue weighted by molar-refractivity contribution is 5.97. The second-order valence-corrected chi connectivity index (χ2v) is 13.7. The van der Waals surface area contributed by atoms with Crippen LogP contribution in [0.2, 0.25) is 0 Å². The molecule has 0 heterocycles. The average molecular weight is 487 g/mol. The second-order valence-electron chi connectivity index (χ2n) is 13.7. The summed E-state index contributed by atoms with van der Waals surface area (Å²) in [7, 11) is 0. The first-order valence-corrected chi connectivity index (χ1v) is 13.8. The lowest BCUT2D eigenvalue weighted by Gasteiger charge is -2.70. The molecule has 0 aromatic rings. The Kier molecular flexibility index (Phi) is 6.69. The Balaban J connectivity index is 1.83. The molecular weight excluding hydrogens is 440 g/mol. The van der Waals surface area contributed by atoms with Gasteiger partial charge in [-0.3, -0.25) is 9.59 Å². The highest BCUT2D eigenvalue weighted by Crippen LogP contribution is 2.73. The number of esters is 1. The van der Waals surface area contributed by atoms with Crippen molar-refractivity contribution in [3.63, 3.8) is 0 Å². The minimum atomic E-state index is -0.781. The molecule has 3 saturated carbocycles. The summed E-state index contributed by atoms with van der Waals surface area (Å²) in [4.78, 5) is 38.1. The summed E-state index contributed by atoms with van der Waals surface area (Å²) in [5.74, 6) is 0.0453. The maximum Gasteiger partial charge on any atom is 0.308 e. The van der Waals surface area contributed by atoms with Gasteiger partial charge in [-0.05, 0) is 86.4 Å². The molecule has 5 nitrogen and oxygen atoms in total. The van der Waals surface area contributed by atoms with Gasteiger partial charge in [-0.15, -0.1) is 0 Å². The minimum absolute atomic E-state index is 0.000671. The summed E-state index contributed by atoms with van der Waals surface area (Å²) in [6.07, 6.45) is 9.02. The molecule has 5 heteroatoms. The van der Waals surface area contributed by atoms with Gasteiger partial charge in [0.05, 0.1) is 18.4 Å². The Hall–Kier alpha value is -1.49. The molecule has 1 N–H and O–H groups in total. The lowest BCUT2D eigenvalue weighted by atomic mass is 9.34. The van der Waals surface area contributed by atoms with Crippen molar-refractivity contribution in [1.29, 1.82) is 0 Å². The van der Waals surface area contributed by atoms with E-state index in [9.17, 15) is 19.5 Å². The zero-order valence-electron chi connectivity index (χ0n) is 22.9. The molecule has 0 bridgehead atoms. The quantitative estimate of drug-likeness (QED) is 0.399. The number of ether oxygens (including phenoxy) is 1. The van der Waals surface area contributed by atoms with E-state index in [0.29, 0.717) is 23.8 Å². The molecule has 0 saturated heterocycles. The van der Waals surface area contributed by atoms with Gasteiger partial charge in [-0.2, -0.15) is 0 Å². The Labute approximate surface area is 211 Å². The van der Waals surface area contributed by atoms with Crippen LogP contribution in [0.4, 0.5) is 0 Å². The van der Waals surface area contributed by atoms with E-state index in [1.807, 2.05) is 6.08 Å². The molecule has 0 aliphatic heterocycles. The van der Waals surface area contributed by atoms with Crippen molar-refractivity contribution in [3.05, 3.63) is 11.6 Å². The van der Waals surface area contributed by atoms with Gasteiger partial charge in [0.2, 0.25) is 0 Å². The first kappa shape index (κ1) is 26.6. The van der Waals surface area contributed by atoms with E-state index in [1.54, 1.807) is 6.92 Å². The van der Waals surface area contributed by atoms with Gasteiger partial charge in [0.25, 0.3) is 0 Å². The molecule has 9 atom stereocenters. The number of rotatable bonds is 5. The normalized spacial score (nSPS) is 45.1. The van der Waals surface area contributed by atoms with Crippen molar-refractivity contribution >= 4 is 18.0 Å². The third kappa shape index (κ3) is 3.95. The Morgan fingerprint density at radius 1 is 1.09 bits per heavy atom. The van der Waals surface area contributed by atoms with E-state index in [0.717, 1.165) is 19.1 Å². The van der Waals surface area contributed by atoms with Crippen LogP contribution in [0.15, 0.2) is 11.6 Å². The summed E-state index contributed by atoms with van der Waals surface area (Å²) in [5, 5.41) is 9.83. The number of allylic oxidation sites excluding steroid dienone is 2. The van der Waals surface area contributed by atoms with Crippen molar-refractivity contribution in [2.45, 2.75) is 112 Å². The van der Waals surface area contributed by atoms with Crippen LogP contribution < -0.4 is 0 Å². The van der Waals surface area contributed by atoms with Gasteiger partial charge in [-0.1, -0.05) is 47.1 Å². The number of hydrogen-bond acceptors (Lipinski definition) is 5. The van der Waals surface area contributed by atoms with Crippen LogP contribution in [0.25, 0.3) is 0 Å². The Bertz CT molecular complexity index is 918. The van der Waals surface area contributed by atoms with Gasteiger partial charge in [-0.25, -0.2) is 0 Å². The molecule has 4 aliphatic rings. The third-order valence-electron chi connectivity index (χ3n) is 11.4. The van der Waals surface area contributed by atoms with Crippen molar-refractivity contribution in [2.24, 2.45) is 45.3 Å². The fraction of sp³-hybridized carbons (Fsp3) is 0.833. The molecule has 4 aliphatic carbocycles. The highest BCUT2D eigenvalue weighted by atomic mass is 16.5. The number of carbonyl (C=O) groups excluding carboxylic acids is 3. The first-order valence-electron chi connectivity index (χ1n) is 13.8. The number of aliphatic hydroxyl groups is 1. The first-order chi connectivity index (χ1) is 16.2. The topological polar surface area (TPSA) is 80.7 Å². The van der Waals surface area contributed by atoms with Crippen LogP contribution in [-0.4, -0.2) is 35.4 Å². The molecular formula is C30H46O5. The lowest BCUT2D eigenvalue weighted by Crippen LogP contribution is -2.67. The van der Waals surface area contributed by atoms with Gasteiger partial charge in [0.15, 0.2) is 5.78 Å². The van der Waals surface area contributed by atoms with Gasteiger partial charge in [0.1, 0.15) is 12.4 Å². The van der Waals surface area contributed by atoms with Crippen LogP contribution in [-0.2, 0) is 19.1 Å². The number of hydrogen-bond donors (Lipinski definition) is 1. The van der Waals surface area contributed by atoms with Crippen molar-refractivity contribution in [3.8, 4) is 0 Å². The molecule has 3 fully saturated rings. The second kappa shape index (κ2) is 8.82. The fourth-order valence-electron chi connectivity index (χ4n) is 9.90. The molecule has 0 aromatic carbocycles. The molecule has 0 aromatic heterocycles. The number of carbonyl (C=O) groups is 3. The molecule has 0 spiro atoms. The lowest BCUT2D eigenvalue weighted by molar-refractivity contribution is -0.239. The van der Waals surface area contributed by atoms with E-state index in [-0.39, 0.29) is 34.4 Å². The molecule has 0 radical (unpaired) electrons. The number of fused-ring (bicyclic) bond motifs is 5. The van der Waals surface area contributed by atoms with Crippen LogP contribution in [0, 0.1) is 45.3 Å². The predicted molar refractivity (Wildman–Crippen MR) is 135 cm³/mol. The van der Waals surface area contributed by atoms with Crippen molar-refractivity contribution in [1.82, 2.24) is 0 Å². The van der Waals surface area contributed by atoms with Gasteiger partial charge in [0, 0.05) is 11.0 Å². The Morgan fingerprint density at radius 2 is 1.74 bits per heavy atom. The number of ketones is 1. The predicted octanol–water partition coefficient (Wildman–Crippen LogP) is 5.68. The summed E-state index contributed by atoms with van der Waals surface area (Å²) < 4.78 is 6.21. The number of aldehydes is 1. The maximum absolute atomic E-state index is 12.9. The summed E-state index contributed by atoms with van der Waals surface area (Å²) >= 11 is 0. The van der Waals surface area contributed by atoms with E-state index in [4.69, 9.17) is 4.74 Å². The zero-order chi connectivity index (χ0) is 26.0. The van der Waals surface area contributed by atoms with Gasteiger partial charge < -0.3 is 14.6 Å². The SMILES string of the molecule is CC(=O)C1=CC[C@@H]2[C@]3(C)CC[C@@H]4C(C)(C)CCC[C@@]4(C)[C@H]3C[C@H](OC(=O)C[C@H](C)O)[C@@]2(C)[C@H]1C=O. The summed E-state index contributed by atoms with van der Waals surface area (Å²) in [6, 6.07) is 0. The maximum atomic E-state index is 12.9. The minimum Gasteiger partial charge on any atom is -0.462 e. The zero-order valence-corrected chi connectivity index (χ0v) is 22.9. The van der Waals surface area contributed by atoms with E-state index in [1.165, 1.54) is 32.6 Å². The summed E-state index contributed by atoms with van der Waals surface area (Å²) in [5.41, 5.74) is 0.348. The molecule has 0 unspecified atom stereocenters. The smallest absolute Gasteiger partial charge is 0.308 e. The van der Waals surface area contributed by atoms with E-state index >= 15 is 0 Å². The number of Topliss-reactive ketones (excluding diaryl/α,β-unsaturated/α-hetero) is 1. The van der Waals surface area contributed by atoms with Crippen LogP contribution in [0.1, 0.15) is 99.8 Å². The summed E-state index contributed by atoms with van der Waals surface area (Å²) in [6.45, 7) is 15.0. The standard InChI is InChI=1S/C30H46O5/c1-18(32)15-26(34)35-25-16-24-28(5)13-8-12-27(3,4)22(28)11-14-29(24,6)23-10-9-20(19(2)33)21(17-31)30(23,25)7/h9,17-18,21-25,32H,8,10-16H2,1-7H3/t18-,21-,22+,23+,24+,25-,28+,29-,30-/m0/s1. The molecule has 4 rings (SSSR count). The number of aliphatic hydroxyl groups excluding tert-OH is 1. The van der Waals surface area contributed by atoms with E-state index < -0.39 is 29.5 Å². The largest absolute Gasteiger partial charge is 0.462 e. The Morgan fingerprint density at radius 3 is 2.34 bits per heavy atom. The van der Waals surface area contributed by atoms with Crippen LogP contribution in [0.3, 0.4) is 0 Å². The van der Waals surface area contributed by atoms with Crippen molar-refractivity contribution in [2.75, 3.05) is 0 Å². The molecule has 35 heavy (non-hydrogen) atoms. The monoisotopic (exact) mass is 486 g/mol. The van der Waals surface area contributed by atoms with Crippen molar-refractivity contribution < 1.29 is 24.2 Å². The van der Waals surface area contributed by atoms with Gasteiger partial charge >= 0.3 is 5.97 Å².